The van der Waals surface area contributed by atoms with Crippen molar-refractivity contribution >= 4 is 33.3 Å². The molecule has 0 bridgehead atoms. The van der Waals surface area contributed by atoms with E-state index < -0.39 is 30.4 Å². The molecule has 0 aliphatic carbocycles. The van der Waals surface area contributed by atoms with Crippen LogP contribution in [-0.4, -0.2) is 36.8 Å². The van der Waals surface area contributed by atoms with Crippen LogP contribution in [0.3, 0.4) is 0 Å². The third-order valence-corrected chi connectivity index (χ3v) is 4.21. The summed E-state index contributed by atoms with van der Waals surface area (Å²) in [5.41, 5.74) is 0.320. The summed E-state index contributed by atoms with van der Waals surface area (Å²) in [5, 5.41) is 11.1. The number of carbonyl (C=O) groups excluding carboxylic acids is 1. The molecule has 0 aliphatic heterocycles. The Morgan fingerprint density at radius 2 is 2.18 bits per heavy atom. The van der Waals surface area contributed by atoms with Crippen LogP contribution in [0.2, 0.25) is 0 Å². The zero-order chi connectivity index (χ0) is 16.3. The number of carboxylic acids is 1. The Hall–Kier alpha value is -2.06. The van der Waals surface area contributed by atoms with Gasteiger partial charge in [-0.05, 0) is 12.1 Å². The Bertz CT molecular complexity index is 716. The maximum Gasteiger partial charge on any atom is 0.328 e. The summed E-state index contributed by atoms with van der Waals surface area (Å²) in [6, 6.07) is 2.77. The van der Waals surface area contributed by atoms with Gasteiger partial charge in [0.15, 0.2) is 6.04 Å². The topological polar surface area (TPSA) is 75.6 Å². The second kappa shape index (κ2) is 6.80. The second-order valence-corrected chi connectivity index (χ2v) is 5.53. The number of carbonyl (C=O) groups is 2. The van der Waals surface area contributed by atoms with Crippen molar-refractivity contribution < 1.29 is 28.2 Å². The molecule has 2 N–H and O–H groups in total. The molecule has 0 fully saturated rings. The summed E-state index contributed by atoms with van der Waals surface area (Å²) in [6.45, 7) is -1.25. The van der Waals surface area contributed by atoms with Gasteiger partial charge in [-0.25, -0.2) is 13.6 Å². The smallest absolute Gasteiger partial charge is 0.328 e. The predicted molar refractivity (Wildman–Crippen MR) is 77.4 cm³/mol. The van der Waals surface area contributed by atoms with Gasteiger partial charge < -0.3 is 15.2 Å². The van der Waals surface area contributed by atoms with Crippen LogP contribution in [0.1, 0.15) is 15.2 Å². The SMILES string of the molecule is COCc1c(C(=O)NC(CF)C(=O)O)sc2cccc(F)c12. The molecule has 1 aromatic heterocycles. The molecule has 22 heavy (non-hydrogen) atoms. The van der Waals surface area contributed by atoms with Crippen molar-refractivity contribution in [2.24, 2.45) is 0 Å². The molecule has 1 aromatic carbocycles. The summed E-state index contributed by atoms with van der Waals surface area (Å²) in [7, 11) is 1.40. The van der Waals surface area contributed by atoms with E-state index in [9.17, 15) is 18.4 Å². The highest BCUT2D eigenvalue weighted by Gasteiger charge is 2.25. The average Bonchev–Trinajstić information content (AvgIpc) is 2.85. The first kappa shape index (κ1) is 16.3. The first-order chi connectivity index (χ1) is 10.5. The number of rotatable bonds is 6. The lowest BCUT2D eigenvalue weighted by Gasteiger charge is -2.11. The molecule has 1 amide bonds. The van der Waals surface area contributed by atoms with Crippen LogP contribution in [-0.2, 0) is 16.1 Å². The van der Waals surface area contributed by atoms with Crippen LogP contribution in [0.4, 0.5) is 8.78 Å². The molecule has 8 heteroatoms. The second-order valence-electron chi connectivity index (χ2n) is 4.47. The molecule has 0 saturated carbocycles. The Morgan fingerprint density at radius 1 is 1.45 bits per heavy atom. The lowest BCUT2D eigenvalue weighted by Crippen LogP contribution is -2.42. The standard InChI is InChI=1S/C14H13F2NO4S/c1-21-6-7-11-8(16)3-2-4-10(11)22-12(7)13(18)17-9(5-15)14(19)20/h2-4,9H,5-6H2,1H3,(H,17,18)(H,19,20). The van der Waals surface area contributed by atoms with Crippen LogP contribution in [0.25, 0.3) is 10.1 Å². The number of aliphatic carboxylic acids is 1. The highest BCUT2D eigenvalue weighted by atomic mass is 32.1. The Labute approximate surface area is 128 Å². The van der Waals surface area contributed by atoms with Crippen molar-refractivity contribution in [3.05, 3.63) is 34.5 Å². The average molecular weight is 329 g/mol. The molecule has 2 rings (SSSR count). The van der Waals surface area contributed by atoms with E-state index in [-0.39, 0.29) is 16.9 Å². The van der Waals surface area contributed by atoms with Gasteiger partial charge in [0.2, 0.25) is 0 Å². The summed E-state index contributed by atoms with van der Waals surface area (Å²) >= 11 is 1.00. The number of nitrogens with one attached hydrogen (secondary N) is 1. The van der Waals surface area contributed by atoms with Gasteiger partial charge in [0.25, 0.3) is 5.91 Å². The van der Waals surface area contributed by atoms with E-state index in [0.717, 1.165) is 11.3 Å². The molecule has 0 radical (unpaired) electrons. The van der Waals surface area contributed by atoms with Crippen LogP contribution < -0.4 is 5.32 Å². The number of thiophene rings is 1. The highest BCUT2D eigenvalue weighted by Crippen LogP contribution is 2.33. The third-order valence-electron chi connectivity index (χ3n) is 3.02. The lowest BCUT2D eigenvalue weighted by molar-refractivity contribution is -0.139. The molecule has 0 aliphatic rings. The maximum absolute atomic E-state index is 14.0. The predicted octanol–water partition coefficient (Wildman–Crippen LogP) is 2.34. The van der Waals surface area contributed by atoms with Crippen molar-refractivity contribution in [3.63, 3.8) is 0 Å². The highest BCUT2D eigenvalue weighted by molar-refractivity contribution is 7.21. The minimum absolute atomic E-state index is 0.0168. The molecule has 0 saturated heterocycles. The van der Waals surface area contributed by atoms with Gasteiger partial charge in [0, 0.05) is 22.8 Å². The first-order valence-electron chi connectivity index (χ1n) is 6.28. The molecular formula is C14H13F2NO4S. The van der Waals surface area contributed by atoms with E-state index in [4.69, 9.17) is 9.84 Å². The minimum atomic E-state index is -1.64. The Kier molecular flexibility index (Phi) is 5.04. The van der Waals surface area contributed by atoms with Crippen LogP contribution >= 0.6 is 11.3 Å². The number of alkyl halides is 1. The van der Waals surface area contributed by atoms with Crippen LogP contribution in [0.5, 0.6) is 0 Å². The van der Waals surface area contributed by atoms with E-state index in [1.807, 2.05) is 0 Å². The minimum Gasteiger partial charge on any atom is -0.480 e. The number of amides is 1. The Morgan fingerprint density at radius 3 is 2.77 bits per heavy atom. The third kappa shape index (κ3) is 3.07. The molecule has 118 valence electrons. The fraction of sp³-hybridized carbons (Fsp3) is 0.286. The quantitative estimate of drug-likeness (QED) is 0.853. The van der Waals surface area contributed by atoms with Crippen molar-refractivity contribution in [2.75, 3.05) is 13.8 Å². The van der Waals surface area contributed by atoms with Crippen molar-refractivity contribution in [2.45, 2.75) is 12.6 Å². The normalized spacial score (nSPS) is 12.3. The molecule has 1 heterocycles. The van der Waals surface area contributed by atoms with Gasteiger partial charge in [-0.2, -0.15) is 0 Å². The van der Waals surface area contributed by atoms with Crippen LogP contribution in [0, 0.1) is 5.82 Å². The van der Waals surface area contributed by atoms with Gasteiger partial charge in [-0.15, -0.1) is 11.3 Å². The lowest BCUT2D eigenvalue weighted by atomic mass is 10.1. The largest absolute Gasteiger partial charge is 0.480 e. The van der Waals surface area contributed by atoms with Gasteiger partial charge in [-0.3, -0.25) is 4.79 Å². The molecule has 1 atom stereocenters. The van der Waals surface area contributed by atoms with E-state index in [2.05, 4.69) is 5.32 Å². The Balaban J connectivity index is 2.46. The van der Waals surface area contributed by atoms with Gasteiger partial charge in [-0.1, -0.05) is 6.07 Å². The summed E-state index contributed by atoms with van der Waals surface area (Å²) in [6.07, 6.45) is 0. The van der Waals surface area contributed by atoms with Crippen molar-refractivity contribution in [1.29, 1.82) is 0 Å². The monoisotopic (exact) mass is 329 g/mol. The van der Waals surface area contributed by atoms with E-state index >= 15 is 0 Å². The van der Waals surface area contributed by atoms with Crippen molar-refractivity contribution in [1.82, 2.24) is 5.32 Å². The van der Waals surface area contributed by atoms with Crippen molar-refractivity contribution in [3.8, 4) is 0 Å². The number of methoxy groups -OCH3 is 1. The number of hydrogen-bond acceptors (Lipinski definition) is 4. The number of benzene rings is 1. The van der Waals surface area contributed by atoms with Gasteiger partial charge in [0.1, 0.15) is 12.5 Å². The number of hydrogen-bond donors (Lipinski definition) is 2. The summed E-state index contributed by atoms with van der Waals surface area (Å²) in [5.74, 6) is -2.74. The van der Waals surface area contributed by atoms with E-state index in [1.165, 1.54) is 19.2 Å². The summed E-state index contributed by atoms with van der Waals surface area (Å²) < 4.78 is 32.1. The fourth-order valence-electron chi connectivity index (χ4n) is 2.02. The molecule has 0 spiro atoms. The first-order valence-corrected chi connectivity index (χ1v) is 7.09. The van der Waals surface area contributed by atoms with Crippen LogP contribution in [0.15, 0.2) is 18.2 Å². The zero-order valence-electron chi connectivity index (χ0n) is 11.6. The molecule has 5 nitrogen and oxygen atoms in total. The summed E-state index contributed by atoms with van der Waals surface area (Å²) in [4.78, 5) is 23.1. The zero-order valence-corrected chi connectivity index (χ0v) is 12.4. The van der Waals surface area contributed by atoms with Gasteiger partial charge >= 0.3 is 5.97 Å². The number of fused-ring (bicyclic) bond motifs is 1. The number of ether oxygens (including phenoxy) is 1. The fourth-order valence-corrected chi connectivity index (χ4v) is 3.15. The van der Waals surface area contributed by atoms with E-state index in [0.29, 0.717) is 10.3 Å². The van der Waals surface area contributed by atoms with Gasteiger partial charge in [0.05, 0.1) is 11.5 Å². The maximum atomic E-state index is 14.0. The number of halogens is 2. The molecule has 2 aromatic rings. The number of carboxylic acid groups (broad SMARTS) is 1. The molecule has 1 unspecified atom stereocenters. The molecular weight excluding hydrogens is 316 g/mol. The van der Waals surface area contributed by atoms with E-state index in [1.54, 1.807) is 6.07 Å².